The summed E-state index contributed by atoms with van der Waals surface area (Å²) in [4.78, 5) is 13.1. The maximum atomic E-state index is 10.9. The molecule has 0 amide bonds. The zero-order chi connectivity index (χ0) is 8.72. The Morgan fingerprint density at radius 2 is 2.33 bits per heavy atom. The van der Waals surface area contributed by atoms with Crippen molar-refractivity contribution >= 4 is 17.7 Å². The van der Waals surface area contributed by atoms with Crippen LogP contribution in [-0.2, 0) is 4.79 Å². The fourth-order valence-electron chi connectivity index (χ4n) is 2.24. The van der Waals surface area contributed by atoms with Crippen LogP contribution in [0.15, 0.2) is 0 Å². The highest BCUT2D eigenvalue weighted by Crippen LogP contribution is 2.38. The zero-order valence-corrected chi connectivity index (χ0v) is 7.88. The lowest BCUT2D eigenvalue weighted by molar-refractivity contribution is -0.142. The Balaban J connectivity index is 2.14. The Labute approximate surface area is 76.1 Å². The van der Waals surface area contributed by atoms with E-state index in [1.165, 1.54) is 0 Å². The first kappa shape index (κ1) is 8.38. The Kier molecular flexibility index (Phi) is 2.04. The minimum absolute atomic E-state index is 0.116. The lowest BCUT2D eigenvalue weighted by atomic mass is 9.94. The largest absolute Gasteiger partial charge is 0.481 e. The van der Waals surface area contributed by atoms with Crippen LogP contribution in [0.4, 0.5) is 0 Å². The van der Waals surface area contributed by atoms with Gasteiger partial charge < -0.3 is 10.0 Å². The molecule has 4 heteroatoms. The van der Waals surface area contributed by atoms with E-state index in [1.807, 2.05) is 18.8 Å². The SMILES string of the molecule is CN1CC(C(=O)O)C2CSCC21. The first-order valence-corrected chi connectivity index (χ1v) is 5.36. The van der Waals surface area contributed by atoms with Crippen molar-refractivity contribution in [1.29, 1.82) is 0 Å². The molecule has 2 aliphatic heterocycles. The van der Waals surface area contributed by atoms with Gasteiger partial charge in [-0.2, -0.15) is 11.8 Å². The second kappa shape index (κ2) is 2.92. The van der Waals surface area contributed by atoms with Crippen LogP contribution < -0.4 is 0 Å². The number of hydrogen-bond acceptors (Lipinski definition) is 3. The van der Waals surface area contributed by atoms with Gasteiger partial charge in [0.15, 0.2) is 0 Å². The average Bonchev–Trinajstić information content (AvgIpc) is 2.53. The minimum Gasteiger partial charge on any atom is -0.481 e. The van der Waals surface area contributed by atoms with Gasteiger partial charge in [-0.25, -0.2) is 0 Å². The number of nitrogens with zero attached hydrogens (tertiary/aromatic N) is 1. The normalized spacial score (nSPS) is 41.6. The Hall–Kier alpha value is -0.220. The quantitative estimate of drug-likeness (QED) is 0.643. The van der Waals surface area contributed by atoms with E-state index in [0.717, 1.165) is 18.1 Å². The van der Waals surface area contributed by atoms with Gasteiger partial charge in [0.05, 0.1) is 5.92 Å². The van der Waals surface area contributed by atoms with Crippen molar-refractivity contribution in [2.75, 3.05) is 25.1 Å². The summed E-state index contributed by atoms with van der Waals surface area (Å²) in [5.74, 6) is 1.82. The van der Waals surface area contributed by atoms with Gasteiger partial charge in [0.25, 0.3) is 0 Å². The van der Waals surface area contributed by atoms with E-state index in [-0.39, 0.29) is 5.92 Å². The molecule has 2 saturated heterocycles. The molecule has 0 aromatic heterocycles. The summed E-state index contributed by atoms with van der Waals surface area (Å²) in [6, 6.07) is 0.524. The summed E-state index contributed by atoms with van der Waals surface area (Å²) in [5.41, 5.74) is 0. The van der Waals surface area contributed by atoms with Crippen LogP contribution in [0.1, 0.15) is 0 Å². The van der Waals surface area contributed by atoms with Gasteiger partial charge in [0.1, 0.15) is 0 Å². The van der Waals surface area contributed by atoms with Crippen LogP contribution in [0.3, 0.4) is 0 Å². The van der Waals surface area contributed by atoms with Crippen LogP contribution >= 0.6 is 11.8 Å². The van der Waals surface area contributed by atoms with Crippen molar-refractivity contribution in [3.05, 3.63) is 0 Å². The van der Waals surface area contributed by atoms with Crippen LogP contribution in [0, 0.1) is 11.8 Å². The molecule has 12 heavy (non-hydrogen) atoms. The molecular weight excluding hydrogens is 174 g/mol. The van der Waals surface area contributed by atoms with Gasteiger partial charge in [-0.05, 0) is 18.7 Å². The maximum absolute atomic E-state index is 10.9. The molecule has 0 radical (unpaired) electrons. The molecule has 68 valence electrons. The number of carboxylic acids is 1. The summed E-state index contributed by atoms with van der Waals surface area (Å²) < 4.78 is 0. The van der Waals surface area contributed by atoms with Crippen molar-refractivity contribution in [3.63, 3.8) is 0 Å². The van der Waals surface area contributed by atoms with E-state index in [1.54, 1.807) is 0 Å². The van der Waals surface area contributed by atoms with E-state index in [9.17, 15) is 4.79 Å². The summed E-state index contributed by atoms with van der Waals surface area (Å²) in [6.45, 7) is 0.741. The second-order valence-electron chi connectivity index (χ2n) is 3.65. The highest BCUT2D eigenvalue weighted by atomic mass is 32.2. The molecule has 3 unspecified atom stereocenters. The average molecular weight is 187 g/mol. The summed E-state index contributed by atoms with van der Waals surface area (Å²) in [6.07, 6.45) is 0. The van der Waals surface area contributed by atoms with Crippen LogP contribution in [-0.4, -0.2) is 47.1 Å². The Morgan fingerprint density at radius 1 is 1.58 bits per heavy atom. The highest BCUT2D eigenvalue weighted by Gasteiger charge is 2.46. The van der Waals surface area contributed by atoms with Gasteiger partial charge >= 0.3 is 5.97 Å². The number of rotatable bonds is 1. The van der Waals surface area contributed by atoms with Gasteiger partial charge in [0, 0.05) is 18.3 Å². The number of likely N-dealkylation sites (tertiary alicyclic amines) is 1. The molecule has 2 heterocycles. The molecule has 0 aromatic rings. The fourth-order valence-corrected chi connectivity index (χ4v) is 3.85. The lowest BCUT2D eigenvalue weighted by Crippen LogP contribution is -2.28. The fraction of sp³-hybridized carbons (Fsp3) is 0.875. The standard InChI is InChI=1S/C8H13NO2S/c1-9-2-5(8(10)11)6-3-12-4-7(6)9/h5-7H,2-4H2,1H3,(H,10,11). The van der Waals surface area contributed by atoms with Gasteiger partial charge in [0.2, 0.25) is 0 Å². The van der Waals surface area contributed by atoms with Gasteiger partial charge in [-0.15, -0.1) is 0 Å². The molecule has 2 aliphatic rings. The molecule has 3 nitrogen and oxygen atoms in total. The lowest BCUT2D eigenvalue weighted by Gasteiger charge is -2.15. The van der Waals surface area contributed by atoms with Crippen molar-refractivity contribution in [1.82, 2.24) is 4.90 Å². The summed E-state index contributed by atoms with van der Waals surface area (Å²) >= 11 is 1.89. The topological polar surface area (TPSA) is 40.5 Å². The molecular formula is C8H13NO2S. The van der Waals surface area contributed by atoms with Crippen LogP contribution in [0.2, 0.25) is 0 Å². The molecule has 0 saturated carbocycles. The molecule has 2 fully saturated rings. The van der Waals surface area contributed by atoms with Crippen molar-refractivity contribution in [2.24, 2.45) is 11.8 Å². The van der Waals surface area contributed by atoms with E-state index < -0.39 is 5.97 Å². The molecule has 1 N–H and O–H groups in total. The number of carbonyl (C=O) groups is 1. The second-order valence-corrected chi connectivity index (χ2v) is 4.73. The molecule has 0 aliphatic carbocycles. The van der Waals surface area contributed by atoms with Crippen molar-refractivity contribution in [3.8, 4) is 0 Å². The predicted molar refractivity (Wildman–Crippen MR) is 48.4 cm³/mol. The first-order valence-electron chi connectivity index (χ1n) is 4.21. The number of hydrogen-bond donors (Lipinski definition) is 1. The van der Waals surface area contributed by atoms with Crippen molar-refractivity contribution < 1.29 is 9.90 Å². The van der Waals surface area contributed by atoms with E-state index in [0.29, 0.717) is 12.0 Å². The van der Waals surface area contributed by atoms with Crippen LogP contribution in [0.25, 0.3) is 0 Å². The van der Waals surface area contributed by atoms with E-state index in [4.69, 9.17) is 5.11 Å². The smallest absolute Gasteiger partial charge is 0.308 e. The Bertz CT molecular complexity index is 209. The number of aliphatic carboxylic acids is 1. The molecule has 0 bridgehead atoms. The monoisotopic (exact) mass is 187 g/mol. The predicted octanol–water partition coefficient (Wildman–Crippen LogP) is 0.364. The Morgan fingerprint density at radius 3 is 3.00 bits per heavy atom. The van der Waals surface area contributed by atoms with Crippen molar-refractivity contribution in [2.45, 2.75) is 6.04 Å². The first-order chi connectivity index (χ1) is 5.70. The third-order valence-corrected chi connectivity index (χ3v) is 4.18. The third-order valence-electron chi connectivity index (χ3n) is 2.98. The molecule has 3 atom stereocenters. The number of fused-ring (bicyclic) bond motifs is 1. The highest BCUT2D eigenvalue weighted by molar-refractivity contribution is 7.99. The molecule has 0 spiro atoms. The summed E-state index contributed by atoms with van der Waals surface area (Å²) in [7, 11) is 2.03. The van der Waals surface area contributed by atoms with E-state index >= 15 is 0 Å². The van der Waals surface area contributed by atoms with Gasteiger partial charge in [-0.3, -0.25) is 4.79 Å². The van der Waals surface area contributed by atoms with E-state index in [2.05, 4.69) is 4.90 Å². The minimum atomic E-state index is -0.614. The molecule has 0 aromatic carbocycles. The third kappa shape index (κ3) is 1.13. The maximum Gasteiger partial charge on any atom is 0.308 e. The molecule has 2 rings (SSSR count). The van der Waals surface area contributed by atoms with Gasteiger partial charge in [-0.1, -0.05) is 0 Å². The number of thioether (sulfide) groups is 1. The number of carboxylic acid groups (broad SMARTS) is 1. The summed E-state index contributed by atoms with van der Waals surface area (Å²) in [5, 5.41) is 8.94. The zero-order valence-electron chi connectivity index (χ0n) is 7.06. The van der Waals surface area contributed by atoms with Crippen LogP contribution in [0.5, 0.6) is 0 Å².